The van der Waals surface area contributed by atoms with Crippen molar-refractivity contribution in [1.29, 1.82) is 0 Å². The minimum Gasteiger partial charge on any atom is -0.409 e. The molecule has 33 heavy (non-hydrogen) atoms. The number of carbonyl (C=O) groups is 2. The summed E-state index contributed by atoms with van der Waals surface area (Å²) in [7, 11) is 1.14. The summed E-state index contributed by atoms with van der Waals surface area (Å²) in [5.41, 5.74) is 5.66. The molecule has 1 saturated heterocycles. The summed E-state index contributed by atoms with van der Waals surface area (Å²) >= 11 is 0. The molecule has 0 spiro atoms. The number of amidine groups is 1. The molecule has 2 aromatic rings. The van der Waals surface area contributed by atoms with Crippen LogP contribution in [0.1, 0.15) is 33.2 Å². The lowest BCUT2D eigenvalue weighted by Gasteiger charge is -2.27. The highest BCUT2D eigenvalue weighted by atomic mass is 19.1. The van der Waals surface area contributed by atoms with Crippen LogP contribution in [0.4, 0.5) is 8.78 Å². The largest absolute Gasteiger partial charge is 0.409 e. The maximum atomic E-state index is 15.2. The number of hydrogen-bond donors (Lipinski definition) is 3. The first-order valence-corrected chi connectivity index (χ1v) is 10.1. The van der Waals surface area contributed by atoms with E-state index >= 15 is 4.39 Å². The number of nitrogens with two attached hydrogens (primary N) is 1. The summed E-state index contributed by atoms with van der Waals surface area (Å²) in [6.45, 7) is 1.25. The van der Waals surface area contributed by atoms with Crippen LogP contribution in [0, 0.1) is 11.6 Å². The van der Waals surface area contributed by atoms with E-state index in [1.54, 1.807) is 24.3 Å². The molecule has 2 amide bonds. The third kappa shape index (κ3) is 5.44. The molecule has 1 unspecified atom stereocenters. The van der Waals surface area contributed by atoms with Crippen molar-refractivity contribution in [2.24, 2.45) is 10.9 Å². The van der Waals surface area contributed by atoms with Gasteiger partial charge in [-0.05, 0) is 17.7 Å². The lowest BCUT2D eigenvalue weighted by atomic mass is 10.0. The van der Waals surface area contributed by atoms with E-state index in [0.29, 0.717) is 24.3 Å². The highest BCUT2D eigenvalue weighted by Crippen LogP contribution is 2.27. The topological polar surface area (TPSA) is 126 Å². The number of benzene rings is 2. The van der Waals surface area contributed by atoms with Crippen molar-refractivity contribution in [2.75, 3.05) is 33.4 Å². The van der Waals surface area contributed by atoms with Crippen LogP contribution in [0.2, 0.25) is 0 Å². The molecule has 0 bridgehead atoms. The molecule has 1 heterocycles. The summed E-state index contributed by atoms with van der Waals surface area (Å²) < 4.78 is 40.1. The standard InChI is InChI=1S/C22H24F2N4O5/c1-32-19(21(29)26-12-13-2-4-14(5-3-13)20(25)27-31)17-16(23)7-6-15(18(17)24)22(30)28-8-10-33-11-9-28/h2-7,19,31H,8-12H2,1H3,(H2,25,27)(H,26,29). The van der Waals surface area contributed by atoms with E-state index in [9.17, 15) is 14.0 Å². The van der Waals surface area contributed by atoms with Gasteiger partial charge in [0.05, 0.1) is 24.3 Å². The number of methoxy groups -OCH3 is 1. The zero-order valence-electron chi connectivity index (χ0n) is 17.9. The van der Waals surface area contributed by atoms with E-state index < -0.39 is 35.1 Å². The first-order chi connectivity index (χ1) is 15.9. The Balaban J connectivity index is 1.77. The Labute approximate surface area is 188 Å². The van der Waals surface area contributed by atoms with Crippen molar-refractivity contribution < 1.29 is 33.1 Å². The van der Waals surface area contributed by atoms with Crippen molar-refractivity contribution in [1.82, 2.24) is 10.2 Å². The van der Waals surface area contributed by atoms with Gasteiger partial charge in [-0.25, -0.2) is 8.78 Å². The molecule has 9 nitrogen and oxygen atoms in total. The van der Waals surface area contributed by atoms with Gasteiger partial charge in [0.1, 0.15) is 11.6 Å². The summed E-state index contributed by atoms with van der Waals surface area (Å²) in [4.78, 5) is 26.8. The number of halogens is 2. The second-order valence-corrected chi connectivity index (χ2v) is 7.24. The van der Waals surface area contributed by atoms with Gasteiger partial charge in [0.2, 0.25) is 0 Å². The van der Waals surface area contributed by atoms with Crippen molar-refractivity contribution >= 4 is 17.6 Å². The first kappa shape index (κ1) is 24.1. The van der Waals surface area contributed by atoms with Crippen molar-refractivity contribution in [3.05, 3.63) is 70.3 Å². The van der Waals surface area contributed by atoms with E-state index in [0.717, 1.165) is 19.2 Å². The second-order valence-electron chi connectivity index (χ2n) is 7.24. The number of nitrogens with zero attached hydrogens (tertiary/aromatic N) is 2. The zero-order chi connectivity index (χ0) is 24.0. The van der Waals surface area contributed by atoms with Crippen LogP contribution in [-0.4, -0.2) is 61.2 Å². The maximum absolute atomic E-state index is 15.2. The van der Waals surface area contributed by atoms with Gasteiger partial charge in [0.15, 0.2) is 11.9 Å². The third-order valence-corrected chi connectivity index (χ3v) is 5.22. The molecule has 0 aliphatic carbocycles. The number of nitrogens with one attached hydrogen (secondary N) is 1. The van der Waals surface area contributed by atoms with Crippen LogP contribution < -0.4 is 11.1 Å². The van der Waals surface area contributed by atoms with Gasteiger partial charge in [-0.1, -0.05) is 29.4 Å². The third-order valence-electron chi connectivity index (χ3n) is 5.22. The Morgan fingerprint density at radius 2 is 1.88 bits per heavy atom. The monoisotopic (exact) mass is 462 g/mol. The van der Waals surface area contributed by atoms with Crippen molar-refractivity contribution in [3.63, 3.8) is 0 Å². The molecule has 176 valence electrons. The summed E-state index contributed by atoms with van der Waals surface area (Å²) in [5, 5.41) is 14.2. The van der Waals surface area contributed by atoms with Gasteiger partial charge in [0, 0.05) is 32.3 Å². The maximum Gasteiger partial charge on any atom is 0.257 e. The van der Waals surface area contributed by atoms with Crippen molar-refractivity contribution in [3.8, 4) is 0 Å². The number of oxime groups is 1. The molecule has 0 aromatic heterocycles. The smallest absolute Gasteiger partial charge is 0.257 e. The van der Waals surface area contributed by atoms with E-state index in [1.165, 1.54) is 4.90 Å². The minimum atomic E-state index is -1.61. The molecule has 2 aromatic carbocycles. The Hall–Kier alpha value is -3.57. The highest BCUT2D eigenvalue weighted by molar-refractivity contribution is 5.97. The fraction of sp³-hybridized carbons (Fsp3) is 0.318. The van der Waals surface area contributed by atoms with E-state index in [1.807, 2.05) is 0 Å². The number of amides is 2. The quantitative estimate of drug-likeness (QED) is 0.248. The predicted molar refractivity (Wildman–Crippen MR) is 114 cm³/mol. The zero-order valence-corrected chi connectivity index (χ0v) is 17.9. The summed E-state index contributed by atoms with van der Waals surface area (Å²) in [5.74, 6) is -3.61. The first-order valence-electron chi connectivity index (χ1n) is 10.1. The molecule has 4 N–H and O–H groups in total. The predicted octanol–water partition coefficient (Wildman–Crippen LogP) is 1.54. The van der Waals surface area contributed by atoms with Crippen LogP contribution in [-0.2, 0) is 20.8 Å². The molecular weight excluding hydrogens is 438 g/mol. The van der Waals surface area contributed by atoms with Crippen LogP contribution in [0.15, 0.2) is 41.6 Å². The number of rotatable bonds is 7. The SMILES string of the molecule is COC(C(=O)NCc1ccc(C(N)=NO)cc1)c1c(F)ccc(C(=O)N2CCOCC2)c1F. The van der Waals surface area contributed by atoms with Gasteiger partial charge < -0.3 is 30.6 Å². The van der Waals surface area contributed by atoms with Crippen LogP contribution in [0.5, 0.6) is 0 Å². The van der Waals surface area contributed by atoms with Gasteiger partial charge in [-0.2, -0.15) is 0 Å². The molecular formula is C22H24F2N4O5. The number of carbonyl (C=O) groups excluding carboxylic acids is 2. The van der Waals surface area contributed by atoms with Crippen LogP contribution >= 0.6 is 0 Å². The van der Waals surface area contributed by atoms with Gasteiger partial charge in [-0.3, -0.25) is 9.59 Å². The molecule has 0 saturated carbocycles. The number of hydrogen-bond acceptors (Lipinski definition) is 6. The molecule has 0 radical (unpaired) electrons. The normalized spacial score (nSPS) is 15.2. The van der Waals surface area contributed by atoms with E-state index in [2.05, 4.69) is 10.5 Å². The molecule has 11 heteroatoms. The Kier molecular flexibility index (Phi) is 7.91. The van der Waals surface area contributed by atoms with Crippen molar-refractivity contribution in [2.45, 2.75) is 12.6 Å². The molecule has 1 atom stereocenters. The second kappa shape index (κ2) is 10.8. The average Bonchev–Trinajstić information content (AvgIpc) is 2.85. The van der Waals surface area contributed by atoms with E-state index in [4.69, 9.17) is 20.4 Å². The number of morpholine rings is 1. The molecule has 1 fully saturated rings. The molecule has 3 rings (SSSR count). The van der Waals surface area contributed by atoms with Gasteiger partial charge in [-0.15, -0.1) is 0 Å². The Morgan fingerprint density at radius 1 is 1.21 bits per heavy atom. The molecule has 1 aliphatic heterocycles. The lowest BCUT2D eigenvalue weighted by molar-refractivity contribution is -0.131. The lowest BCUT2D eigenvalue weighted by Crippen LogP contribution is -2.41. The Morgan fingerprint density at radius 3 is 2.48 bits per heavy atom. The van der Waals surface area contributed by atoms with Gasteiger partial charge in [0.25, 0.3) is 11.8 Å². The summed E-state index contributed by atoms with van der Waals surface area (Å²) in [6.07, 6.45) is -1.61. The number of ether oxygens (including phenoxy) is 2. The average molecular weight is 462 g/mol. The fourth-order valence-electron chi connectivity index (χ4n) is 3.40. The van der Waals surface area contributed by atoms with Crippen LogP contribution in [0.3, 0.4) is 0 Å². The van der Waals surface area contributed by atoms with Crippen LogP contribution in [0.25, 0.3) is 0 Å². The minimum absolute atomic E-state index is 0.0325. The van der Waals surface area contributed by atoms with Gasteiger partial charge >= 0.3 is 0 Å². The fourth-order valence-corrected chi connectivity index (χ4v) is 3.40. The van der Waals surface area contributed by atoms with E-state index in [-0.39, 0.29) is 31.0 Å². The molecule has 1 aliphatic rings. The Bertz CT molecular complexity index is 1040. The summed E-state index contributed by atoms with van der Waals surface area (Å²) in [6, 6.07) is 8.45. The highest BCUT2D eigenvalue weighted by Gasteiger charge is 2.31.